The van der Waals surface area contributed by atoms with Gasteiger partial charge in [0.25, 0.3) is 0 Å². The molecule has 60 heavy (non-hydrogen) atoms. The zero-order valence-electron chi connectivity index (χ0n) is 35.1. The molecule has 0 spiro atoms. The van der Waals surface area contributed by atoms with Gasteiger partial charge in [0, 0.05) is 35.8 Å². The number of aliphatic hydroxyl groups excluding tert-OH is 1. The number of imidazole rings is 2. The lowest BCUT2D eigenvalue weighted by Gasteiger charge is -2.35. The Morgan fingerprint density at radius 3 is 2.03 bits per heavy atom. The lowest BCUT2D eigenvalue weighted by atomic mass is 9.85. The first-order valence-corrected chi connectivity index (χ1v) is 20.5. The Morgan fingerprint density at radius 2 is 1.43 bits per heavy atom. The summed E-state index contributed by atoms with van der Waals surface area (Å²) >= 11 is 0. The van der Waals surface area contributed by atoms with Crippen molar-refractivity contribution in [3.05, 3.63) is 66.6 Å². The standard InChI is InChI=1S/C44H53N9O7/c1-43(2,3)36(49-34(55)23-54)40(56)52-17-9-11-31(52)39-46-22-28(48-39)25-13-15-32-35-26(25)16-19-51(35)29-14-12-24(20-33(29)60-32)27-21-45-38(47-27)30-10-8-18-53(30)41(57)37(44(4,5)6)50-42(58)59-7/h12-16,19-22,30-31,36-37,54H,8-11,17-18,23H2,1-7H3,(H,45,47)(H,46,48)(H,49,55)(H,50,58)/t30-,31-,36+,37+/m0/s1. The van der Waals surface area contributed by atoms with E-state index in [1.54, 1.807) is 22.2 Å². The number of fused-ring (bicyclic) bond motifs is 2. The first-order chi connectivity index (χ1) is 28.6. The van der Waals surface area contributed by atoms with Crippen LogP contribution in [0.2, 0.25) is 0 Å². The fourth-order valence-electron chi connectivity index (χ4n) is 8.77. The number of methoxy groups -OCH3 is 1. The molecule has 4 amide bonds. The summed E-state index contributed by atoms with van der Waals surface area (Å²) < 4.78 is 13.5. The van der Waals surface area contributed by atoms with E-state index in [1.165, 1.54) is 7.11 Å². The highest BCUT2D eigenvalue weighted by molar-refractivity contribution is 6.00. The third kappa shape index (κ3) is 7.37. The highest BCUT2D eigenvalue weighted by Crippen LogP contribution is 2.45. The van der Waals surface area contributed by atoms with E-state index < -0.39 is 41.5 Å². The summed E-state index contributed by atoms with van der Waals surface area (Å²) in [5.74, 6) is 1.78. The number of carbonyl (C=O) groups is 4. The summed E-state index contributed by atoms with van der Waals surface area (Å²) in [6.07, 6.45) is 8.04. The number of carbonyl (C=O) groups excluding carboxylic acids is 4. The summed E-state index contributed by atoms with van der Waals surface area (Å²) in [6, 6.07) is 9.92. The van der Waals surface area contributed by atoms with Crippen molar-refractivity contribution in [2.45, 2.75) is 91.4 Å². The molecule has 16 nitrogen and oxygen atoms in total. The Bertz CT molecular complexity index is 2470. The van der Waals surface area contributed by atoms with Gasteiger partial charge in [-0.05, 0) is 66.8 Å². The molecule has 3 aliphatic rings. The van der Waals surface area contributed by atoms with Crippen molar-refractivity contribution in [1.29, 1.82) is 0 Å². The number of rotatable bonds is 9. The van der Waals surface area contributed by atoms with E-state index in [1.807, 2.05) is 78.1 Å². The van der Waals surface area contributed by atoms with Crippen molar-refractivity contribution in [1.82, 2.24) is 44.9 Å². The van der Waals surface area contributed by atoms with E-state index >= 15 is 0 Å². The maximum atomic E-state index is 13.9. The van der Waals surface area contributed by atoms with E-state index in [9.17, 15) is 24.3 Å². The van der Waals surface area contributed by atoms with Gasteiger partial charge in [0.2, 0.25) is 17.7 Å². The third-order valence-corrected chi connectivity index (χ3v) is 11.9. The second kappa shape index (κ2) is 15.5. The molecule has 0 radical (unpaired) electrons. The summed E-state index contributed by atoms with van der Waals surface area (Å²) in [5, 5.41) is 15.8. The van der Waals surface area contributed by atoms with Gasteiger partial charge < -0.3 is 49.5 Å². The molecule has 316 valence electrons. The Hall–Kier alpha value is -6.16. The molecular weight excluding hydrogens is 767 g/mol. The Labute approximate surface area is 348 Å². The van der Waals surface area contributed by atoms with Crippen LogP contribution in [-0.2, 0) is 19.1 Å². The number of likely N-dealkylation sites (tertiary alicyclic amines) is 2. The van der Waals surface area contributed by atoms with E-state index in [2.05, 4.69) is 31.2 Å². The molecule has 6 heterocycles. The molecular formula is C44H53N9O7. The van der Waals surface area contributed by atoms with Crippen molar-refractivity contribution in [3.8, 4) is 39.7 Å². The molecule has 0 aliphatic carbocycles. The topological polar surface area (TPSA) is 200 Å². The van der Waals surface area contributed by atoms with Crippen LogP contribution in [0.15, 0.2) is 55.0 Å². The molecule has 0 saturated carbocycles. The van der Waals surface area contributed by atoms with Crippen LogP contribution >= 0.6 is 0 Å². The Morgan fingerprint density at radius 1 is 0.833 bits per heavy atom. The van der Waals surface area contributed by atoms with Gasteiger partial charge in [0.05, 0.1) is 54.2 Å². The fraction of sp³-hybridized carbons (Fsp3) is 0.455. The van der Waals surface area contributed by atoms with Gasteiger partial charge in [-0.2, -0.15) is 0 Å². The zero-order valence-corrected chi connectivity index (χ0v) is 35.1. The van der Waals surface area contributed by atoms with Crippen LogP contribution in [0.4, 0.5) is 4.79 Å². The number of nitrogens with one attached hydrogen (secondary N) is 4. The average molecular weight is 820 g/mol. The number of aromatic amines is 2. The van der Waals surface area contributed by atoms with Gasteiger partial charge in [-0.25, -0.2) is 14.8 Å². The Balaban J connectivity index is 1.02. The van der Waals surface area contributed by atoms with Crippen LogP contribution in [-0.4, -0.2) is 102 Å². The van der Waals surface area contributed by atoms with Crippen molar-refractivity contribution >= 4 is 34.7 Å². The van der Waals surface area contributed by atoms with Gasteiger partial charge in [0.1, 0.15) is 30.3 Å². The van der Waals surface area contributed by atoms with Gasteiger partial charge >= 0.3 is 6.09 Å². The number of benzene rings is 2. The maximum absolute atomic E-state index is 13.9. The predicted molar refractivity (Wildman–Crippen MR) is 223 cm³/mol. The minimum absolute atomic E-state index is 0.173. The summed E-state index contributed by atoms with van der Waals surface area (Å²) in [5.41, 5.74) is 4.10. The second-order valence-electron chi connectivity index (χ2n) is 18.0. The fourth-order valence-corrected chi connectivity index (χ4v) is 8.77. The molecule has 4 atom stereocenters. The maximum Gasteiger partial charge on any atom is 0.407 e. The van der Waals surface area contributed by atoms with E-state index in [0.717, 1.165) is 64.8 Å². The summed E-state index contributed by atoms with van der Waals surface area (Å²) in [4.78, 5) is 72.1. The molecule has 0 bridgehead atoms. The largest absolute Gasteiger partial charge is 0.453 e. The highest BCUT2D eigenvalue weighted by atomic mass is 16.5. The number of ether oxygens (including phenoxy) is 2. The highest BCUT2D eigenvalue weighted by Gasteiger charge is 2.42. The SMILES string of the molecule is COC(=O)N[C@H](C(=O)N1CCC[C@H]1c1ncc(-c2ccc3c(c2)Oc2ccc(-c4cnc([C@@H]5CCCN5C(=O)[C@@H](NC(=O)CO)C(C)(C)C)[nH]4)c4ccn-3c24)[nH]1)C(C)(C)C. The molecule has 2 saturated heterocycles. The normalized spacial score (nSPS) is 18.5. The molecule has 5 aromatic rings. The number of alkyl carbamates (subject to hydrolysis) is 1. The van der Waals surface area contributed by atoms with E-state index in [4.69, 9.17) is 19.4 Å². The number of amides is 4. The first kappa shape index (κ1) is 40.6. The number of nitrogens with zero attached hydrogens (tertiary/aromatic N) is 5. The minimum Gasteiger partial charge on any atom is -0.453 e. The van der Waals surface area contributed by atoms with Crippen molar-refractivity contribution in [2.75, 3.05) is 26.8 Å². The van der Waals surface area contributed by atoms with Crippen molar-refractivity contribution in [3.63, 3.8) is 0 Å². The zero-order chi connectivity index (χ0) is 42.7. The van der Waals surface area contributed by atoms with Crippen LogP contribution < -0.4 is 15.4 Å². The third-order valence-electron chi connectivity index (χ3n) is 11.9. The summed E-state index contributed by atoms with van der Waals surface area (Å²) in [7, 11) is 1.29. The molecule has 3 aliphatic heterocycles. The molecule has 2 aromatic carbocycles. The molecule has 2 fully saturated rings. The van der Waals surface area contributed by atoms with Crippen molar-refractivity contribution < 1.29 is 33.8 Å². The molecule has 8 rings (SSSR count). The number of aromatic nitrogens is 5. The lowest BCUT2D eigenvalue weighted by molar-refractivity contribution is -0.141. The molecule has 5 N–H and O–H groups in total. The van der Waals surface area contributed by atoms with Crippen LogP contribution in [0.1, 0.15) is 91.0 Å². The van der Waals surface area contributed by atoms with Gasteiger partial charge in [-0.3, -0.25) is 14.4 Å². The number of hydrogen-bond acceptors (Lipinski definition) is 9. The first-order valence-electron chi connectivity index (χ1n) is 20.5. The number of aliphatic hydroxyl groups is 1. The minimum atomic E-state index is -0.800. The predicted octanol–water partition coefficient (Wildman–Crippen LogP) is 6.14. The monoisotopic (exact) mass is 819 g/mol. The van der Waals surface area contributed by atoms with Gasteiger partial charge in [0.15, 0.2) is 11.5 Å². The number of hydrogen-bond donors (Lipinski definition) is 5. The van der Waals surface area contributed by atoms with Crippen LogP contribution in [0.25, 0.3) is 39.1 Å². The van der Waals surface area contributed by atoms with E-state index in [0.29, 0.717) is 36.2 Å². The second-order valence-corrected chi connectivity index (χ2v) is 18.0. The van der Waals surface area contributed by atoms with Crippen molar-refractivity contribution in [2.24, 2.45) is 10.8 Å². The average Bonchev–Trinajstić information content (AvgIpc) is 4.06. The molecule has 16 heteroatoms. The smallest absolute Gasteiger partial charge is 0.407 e. The van der Waals surface area contributed by atoms with E-state index in [-0.39, 0.29) is 23.9 Å². The summed E-state index contributed by atoms with van der Waals surface area (Å²) in [6.45, 7) is 11.8. The lowest BCUT2D eigenvalue weighted by Crippen LogP contribution is -2.55. The molecule has 0 unspecified atom stereocenters. The van der Waals surface area contributed by atoms with Gasteiger partial charge in [-0.15, -0.1) is 0 Å². The van der Waals surface area contributed by atoms with Crippen LogP contribution in [0, 0.1) is 10.8 Å². The number of H-pyrrole nitrogens is 2. The quantitative estimate of drug-likeness (QED) is 0.114. The van der Waals surface area contributed by atoms with Crippen LogP contribution in [0.3, 0.4) is 0 Å². The van der Waals surface area contributed by atoms with Gasteiger partial charge in [-0.1, -0.05) is 47.6 Å². The molecule has 3 aromatic heterocycles. The Kier molecular flexibility index (Phi) is 10.5. The van der Waals surface area contributed by atoms with Crippen LogP contribution in [0.5, 0.6) is 11.5 Å².